The van der Waals surface area contributed by atoms with Crippen molar-refractivity contribution >= 4 is 54.2 Å². The first-order valence-corrected chi connectivity index (χ1v) is 7.00. The lowest BCUT2D eigenvalue weighted by Crippen LogP contribution is -2.38. The molecule has 1 rings (SSSR count). The summed E-state index contributed by atoms with van der Waals surface area (Å²) < 4.78 is 12.4. The molecular weight excluding hydrogens is 258 g/mol. The van der Waals surface area contributed by atoms with Crippen LogP contribution in [0.25, 0.3) is 0 Å². The van der Waals surface area contributed by atoms with Crippen molar-refractivity contribution in [1.29, 1.82) is 0 Å². The second-order valence-electron chi connectivity index (χ2n) is 3.29. The van der Waals surface area contributed by atoms with E-state index in [1.165, 1.54) is 3.71 Å². The van der Waals surface area contributed by atoms with Gasteiger partial charge < -0.3 is 0 Å². The van der Waals surface area contributed by atoms with Gasteiger partial charge in [0.05, 0.1) is 0 Å². The zero-order valence-corrected chi connectivity index (χ0v) is 11.0. The van der Waals surface area contributed by atoms with Gasteiger partial charge in [-0.05, 0) is 18.8 Å². The lowest BCUT2D eigenvalue weighted by molar-refractivity contribution is -0.114. The molecule has 0 bridgehead atoms. The van der Waals surface area contributed by atoms with Gasteiger partial charge in [-0.25, -0.2) is 0 Å². The number of carbonyl (C=O) groups is 1. The molecule has 0 saturated carbocycles. The van der Waals surface area contributed by atoms with E-state index in [0.29, 0.717) is 11.5 Å². The average molecular weight is 271 g/mol. The van der Waals surface area contributed by atoms with Crippen molar-refractivity contribution in [3.8, 4) is 0 Å². The standard InChI is InChI=1S/C7H13NO2S4/c9-7(11)6(8(12)13)5-1-3-14(10)4-2-5/h5-6,12-13H,1-4H2,(H,9,11). The molecule has 82 valence electrons. The molecule has 0 aromatic heterocycles. The predicted octanol–water partition coefficient (Wildman–Crippen LogP) is 0.962. The van der Waals surface area contributed by atoms with Crippen molar-refractivity contribution in [2.75, 3.05) is 11.5 Å². The van der Waals surface area contributed by atoms with Gasteiger partial charge >= 0.3 is 0 Å². The highest BCUT2D eigenvalue weighted by molar-refractivity contribution is 7.97. The number of rotatable bonds is 3. The van der Waals surface area contributed by atoms with Crippen LogP contribution in [0, 0.1) is 5.92 Å². The molecule has 0 aromatic rings. The van der Waals surface area contributed by atoms with Crippen LogP contribution in [-0.2, 0) is 15.6 Å². The van der Waals surface area contributed by atoms with E-state index in [9.17, 15) is 9.00 Å². The normalized spacial score (nSPS) is 30.3. The van der Waals surface area contributed by atoms with Crippen molar-refractivity contribution in [3.05, 3.63) is 0 Å². The second-order valence-corrected chi connectivity index (χ2v) is 6.60. The van der Waals surface area contributed by atoms with Crippen LogP contribution in [0.1, 0.15) is 12.8 Å². The van der Waals surface area contributed by atoms with Crippen LogP contribution >= 0.6 is 38.3 Å². The zero-order chi connectivity index (χ0) is 10.7. The summed E-state index contributed by atoms with van der Waals surface area (Å²) in [5, 5.41) is -0.229. The Labute approximate surface area is 103 Å². The molecule has 1 atom stereocenters. The van der Waals surface area contributed by atoms with Crippen molar-refractivity contribution in [2.24, 2.45) is 5.92 Å². The van der Waals surface area contributed by atoms with Gasteiger partial charge in [0.25, 0.3) is 0 Å². The van der Waals surface area contributed by atoms with Gasteiger partial charge in [0.15, 0.2) is 0 Å². The zero-order valence-electron chi connectivity index (χ0n) is 7.50. The smallest absolute Gasteiger partial charge is 0.205 e. The summed E-state index contributed by atoms with van der Waals surface area (Å²) in [7, 11) is -0.709. The highest BCUT2D eigenvalue weighted by Crippen LogP contribution is 2.27. The molecule has 0 spiro atoms. The van der Waals surface area contributed by atoms with E-state index in [-0.39, 0.29) is 17.1 Å². The van der Waals surface area contributed by atoms with E-state index in [4.69, 9.17) is 0 Å². The van der Waals surface area contributed by atoms with Crippen LogP contribution in [-0.4, -0.2) is 30.6 Å². The highest BCUT2D eigenvalue weighted by Gasteiger charge is 2.32. The average Bonchev–Trinajstić information content (AvgIpc) is 2.07. The SMILES string of the molecule is O=C(S)C(C1CCS(=O)CC1)N(S)S. The third-order valence-electron chi connectivity index (χ3n) is 2.38. The van der Waals surface area contributed by atoms with E-state index < -0.39 is 10.8 Å². The topological polar surface area (TPSA) is 37.4 Å². The van der Waals surface area contributed by atoms with Gasteiger partial charge in [0.2, 0.25) is 5.12 Å². The fourth-order valence-corrected chi connectivity index (χ4v) is 4.05. The number of thiol groups is 3. The Balaban J connectivity index is 2.61. The molecule has 1 aliphatic heterocycles. The first-order chi connectivity index (χ1) is 6.52. The fraction of sp³-hybridized carbons (Fsp3) is 0.857. The highest BCUT2D eigenvalue weighted by atomic mass is 32.2. The summed E-state index contributed by atoms with van der Waals surface area (Å²) in [5.74, 6) is 1.50. The molecule has 0 aromatic carbocycles. The molecule has 0 aliphatic carbocycles. The lowest BCUT2D eigenvalue weighted by Gasteiger charge is -2.30. The Bertz CT molecular complexity index is 236. The van der Waals surface area contributed by atoms with Crippen LogP contribution in [0.3, 0.4) is 0 Å². The molecule has 7 heteroatoms. The van der Waals surface area contributed by atoms with E-state index in [1.54, 1.807) is 0 Å². The summed E-state index contributed by atoms with van der Waals surface area (Å²) >= 11 is 11.8. The van der Waals surface area contributed by atoms with E-state index in [0.717, 1.165) is 12.8 Å². The molecule has 1 aliphatic rings. The Kier molecular flexibility index (Phi) is 5.33. The molecule has 14 heavy (non-hydrogen) atoms. The van der Waals surface area contributed by atoms with E-state index in [2.05, 4.69) is 38.3 Å². The number of nitrogens with zero attached hydrogens (tertiary/aromatic N) is 1. The van der Waals surface area contributed by atoms with Crippen molar-refractivity contribution in [3.63, 3.8) is 0 Å². The first-order valence-electron chi connectivity index (χ1n) is 4.27. The lowest BCUT2D eigenvalue weighted by atomic mass is 9.95. The quantitative estimate of drug-likeness (QED) is 0.670. The van der Waals surface area contributed by atoms with E-state index >= 15 is 0 Å². The summed E-state index contributed by atoms with van der Waals surface area (Å²) in [6.07, 6.45) is 1.56. The molecule has 0 amide bonds. The van der Waals surface area contributed by atoms with Gasteiger partial charge in [-0.15, -0.1) is 12.6 Å². The minimum absolute atomic E-state index is 0.174. The number of hydrogen-bond donors (Lipinski definition) is 3. The predicted molar refractivity (Wildman–Crippen MR) is 68.2 cm³/mol. The maximum atomic E-state index is 11.2. The molecule has 1 fully saturated rings. The Morgan fingerprint density at radius 1 is 1.36 bits per heavy atom. The third-order valence-corrected chi connectivity index (χ3v) is 4.53. The molecular formula is C7H13NO2S4. The van der Waals surface area contributed by atoms with Crippen LogP contribution < -0.4 is 0 Å². The summed E-state index contributed by atoms with van der Waals surface area (Å²) in [4.78, 5) is 11.2. The van der Waals surface area contributed by atoms with Gasteiger partial charge in [-0.1, -0.05) is 25.6 Å². The van der Waals surface area contributed by atoms with Crippen LogP contribution in [0.4, 0.5) is 0 Å². The summed E-state index contributed by atoms with van der Waals surface area (Å²) in [5.41, 5.74) is 0. The van der Waals surface area contributed by atoms with Gasteiger partial charge in [-0.3, -0.25) is 9.00 Å². The first kappa shape index (κ1) is 12.9. The Hall–Kier alpha value is 0.830. The molecule has 0 radical (unpaired) electrons. The number of hydrogen-bond acceptors (Lipinski definition) is 5. The Morgan fingerprint density at radius 2 is 1.86 bits per heavy atom. The maximum absolute atomic E-state index is 11.2. The minimum atomic E-state index is -0.709. The summed E-state index contributed by atoms with van der Waals surface area (Å²) in [6.45, 7) is 0. The largest absolute Gasteiger partial charge is 0.286 e. The third kappa shape index (κ3) is 3.44. The van der Waals surface area contributed by atoms with Crippen LogP contribution in [0.2, 0.25) is 0 Å². The van der Waals surface area contributed by atoms with Crippen molar-refractivity contribution in [2.45, 2.75) is 18.9 Å². The maximum Gasteiger partial charge on any atom is 0.205 e. The van der Waals surface area contributed by atoms with E-state index in [1.807, 2.05) is 0 Å². The van der Waals surface area contributed by atoms with Gasteiger partial charge in [-0.2, -0.15) is 3.71 Å². The fourth-order valence-electron chi connectivity index (χ4n) is 1.62. The van der Waals surface area contributed by atoms with Gasteiger partial charge in [0.1, 0.15) is 6.04 Å². The second kappa shape index (κ2) is 5.79. The minimum Gasteiger partial charge on any atom is -0.286 e. The van der Waals surface area contributed by atoms with Crippen LogP contribution in [0.15, 0.2) is 0 Å². The number of carbonyl (C=O) groups excluding carboxylic acids is 1. The Morgan fingerprint density at radius 3 is 2.21 bits per heavy atom. The molecule has 3 nitrogen and oxygen atoms in total. The molecule has 1 unspecified atom stereocenters. The monoisotopic (exact) mass is 271 g/mol. The van der Waals surface area contributed by atoms with Crippen molar-refractivity contribution < 1.29 is 9.00 Å². The molecule has 1 heterocycles. The van der Waals surface area contributed by atoms with Crippen LogP contribution in [0.5, 0.6) is 0 Å². The van der Waals surface area contributed by atoms with Gasteiger partial charge in [0, 0.05) is 22.3 Å². The summed E-state index contributed by atoms with van der Waals surface area (Å²) in [6, 6.07) is -0.387. The molecule has 0 N–H and O–H groups in total. The van der Waals surface area contributed by atoms with Crippen molar-refractivity contribution in [1.82, 2.24) is 3.71 Å². The molecule has 1 saturated heterocycles.